The fraction of sp³-hybridized carbons (Fsp3) is 0.724. The van der Waals surface area contributed by atoms with Crippen LogP contribution in [0.5, 0.6) is 0 Å². The first kappa shape index (κ1) is 42.7. The Morgan fingerprint density at radius 2 is 1.28 bits per heavy atom. The number of likely N-dealkylation sites (N-methyl/N-ethyl adjacent to an activating group) is 4. The van der Waals surface area contributed by atoms with Gasteiger partial charge in [0.1, 0.15) is 18.1 Å². The Morgan fingerprint density at radius 3 is 1.74 bits per heavy atom. The maximum atomic E-state index is 13.1. The Morgan fingerprint density at radius 1 is 0.766 bits per heavy atom. The Kier molecular flexibility index (Phi) is 17.0. The third-order valence-corrected chi connectivity index (χ3v) is 7.09. The Hall–Kier alpha value is -4.32. The number of urea groups is 3. The molecule has 0 radical (unpaired) electrons. The van der Waals surface area contributed by atoms with E-state index in [4.69, 9.17) is 0 Å². The van der Waals surface area contributed by atoms with E-state index in [9.17, 15) is 48.6 Å². The van der Waals surface area contributed by atoms with Crippen LogP contribution in [0.2, 0.25) is 0 Å². The summed E-state index contributed by atoms with van der Waals surface area (Å²) in [5.41, 5.74) is -1.55. The summed E-state index contributed by atoms with van der Waals surface area (Å²) < 4.78 is 0. The zero-order valence-corrected chi connectivity index (χ0v) is 29.2. The molecule has 0 unspecified atom stereocenters. The molecule has 0 saturated carbocycles. The molecule has 0 saturated heterocycles. The molecule has 0 spiro atoms. The number of aliphatic hydroxyl groups excluding tert-OH is 1. The fourth-order valence-corrected chi connectivity index (χ4v) is 4.26. The van der Waals surface area contributed by atoms with Crippen molar-refractivity contribution in [3.05, 3.63) is 0 Å². The lowest BCUT2D eigenvalue weighted by molar-refractivity contribution is -0.160. The number of hydrogen-bond acceptors (Lipinski definition) is 10. The summed E-state index contributed by atoms with van der Waals surface area (Å²) >= 11 is 0. The molecule has 18 heteroatoms. The van der Waals surface area contributed by atoms with Crippen molar-refractivity contribution in [3.63, 3.8) is 0 Å². The first-order chi connectivity index (χ1) is 21.5. The molecule has 6 N–H and O–H groups in total. The van der Waals surface area contributed by atoms with Gasteiger partial charge in [0, 0.05) is 48.1 Å². The zero-order valence-electron chi connectivity index (χ0n) is 29.2. The highest BCUT2D eigenvalue weighted by molar-refractivity contribution is 6.07. The smallest absolute Gasteiger partial charge is 0.333 e. The lowest BCUT2D eigenvalue weighted by Gasteiger charge is -2.34. The molecule has 0 aromatic heterocycles. The van der Waals surface area contributed by atoms with Crippen LogP contribution in [-0.2, 0) is 24.0 Å². The lowest BCUT2D eigenvalue weighted by Crippen LogP contribution is -2.59. The topological polar surface area (TPSA) is 238 Å². The monoisotopic (exact) mass is 672 g/mol. The minimum Gasteiger partial charge on any atom is -0.390 e. The molecule has 0 rings (SSSR count). The van der Waals surface area contributed by atoms with Crippen molar-refractivity contribution in [2.75, 3.05) is 35.2 Å². The number of carbonyl (C=O) groups is 8. The predicted octanol–water partition coefficient (Wildman–Crippen LogP) is -0.854. The highest BCUT2D eigenvalue weighted by Gasteiger charge is 2.38. The maximum absolute atomic E-state index is 13.1. The summed E-state index contributed by atoms with van der Waals surface area (Å²) in [4.78, 5) is 104. The molecule has 268 valence electrons. The largest absolute Gasteiger partial charge is 0.390 e. The Bertz CT molecular complexity index is 1170. The van der Waals surface area contributed by atoms with Crippen LogP contribution < -0.4 is 21.3 Å². The molecule has 0 bridgehead atoms. The second kappa shape index (κ2) is 18.7. The maximum Gasteiger partial charge on any atom is 0.333 e. The average Bonchev–Trinajstić information content (AvgIpc) is 2.98. The molecule has 0 aliphatic carbocycles. The van der Waals surface area contributed by atoms with Crippen LogP contribution in [0, 0.1) is 5.92 Å². The minimum absolute atomic E-state index is 0.0573. The first-order valence-corrected chi connectivity index (χ1v) is 15.1. The molecule has 0 aromatic rings. The summed E-state index contributed by atoms with van der Waals surface area (Å²) in [5.74, 6) is -3.68. The van der Waals surface area contributed by atoms with Gasteiger partial charge in [-0.2, -0.15) is 0 Å². The van der Waals surface area contributed by atoms with Gasteiger partial charge in [0.25, 0.3) is 11.8 Å². The van der Waals surface area contributed by atoms with E-state index in [0.717, 1.165) is 23.9 Å². The molecule has 0 heterocycles. The van der Waals surface area contributed by atoms with E-state index >= 15 is 0 Å². The van der Waals surface area contributed by atoms with Crippen molar-refractivity contribution < 1.29 is 48.6 Å². The normalized spacial score (nSPS) is 13.7. The van der Waals surface area contributed by atoms with Crippen molar-refractivity contribution in [2.45, 2.75) is 97.2 Å². The molecule has 47 heavy (non-hydrogen) atoms. The van der Waals surface area contributed by atoms with Crippen molar-refractivity contribution in [1.82, 2.24) is 40.9 Å². The molecule has 0 fully saturated rings. The van der Waals surface area contributed by atoms with Crippen LogP contribution in [0.25, 0.3) is 0 Å². The molecule has 11 amide bonds. The quantitative estimate of drug-likeness (QED) is 0.125. The van der Waals surface area contributed by atoms with Crippen LogP contribution in [-0.4, -0.2) is 143 Å². The van der Waals surface area contributed by atoms with Gasteiger partial charge in [-0.15, -0.1) is 0 Å². The van der Waals surface area contributed by atoms with Crippen LogP contribution >= 0.6 is 0 Å². The van der Waals surface area contributed by atoms with Gasteiger partial charge in [0.2, 0.25) is 23.9 Å². The Balaban J connectivity index is 5.56. The van der Waals surface area contributed by atoms with E-state index in [2.05, 4.69) is 10.6 Å². The van der Waals surface area contributed by atoms with Crippen molar-refractivity contribution in [3.8, 4) is 0 Å². The molecule has 4 atom stereocenters. The SMILES string of the molecule is CCCC(=O)N(C)[C@H](O)C(=O)N(C)[C@@H](CC(C)(C)O)C(=O)NC(=O)N(C)C(=O)NC(=O)N[C@@H](C)C(=O)N(C)[C@@H](CC(C)C)C(=O)NC. The summed E-state index contributed by atoms with van der Waals surface area (Å²) in [6.45, 7) is 9.50. The van der Waals surface area contributed by atoms with Gasteiger partial charge in [-0.25, -0.2) is 19.3 Å². The number of rotatable bonds is 14. The van der Waals surface area contributed by atoms with E-state index < -0.39 is 84.0 Å². The highest BCUT2D eigenvalue weighted by atomic mass is 16.3. The van der Waals surface area contributed by atoms with Crippen LogP contribution in [0.4, 0.5) is 14.4 Å². The van der Waals surface area contributed by atoms with E-state index in [1.54, 1.807) is 6.92 Å². The van der Waals surface area contributed by atoms with Crippen LogP contribution in [0.1, 0.15) is 67.2 Å². The van der Waals surface area contributed by atoms with Gasteiger partial charge in [-0.1, -0.05) is 20.8 Å². The van der Waals surface area contributed by atoms with Gasteiger partial charge in [0.15, 0.2) is 0 Å². The third-order valence-electron chi connectivity index (χ3n) is 7.09. The first-order valence-electron chi connectivity index (χ1n) is 15.1. The van der Waals surface area contributed by atoms with Crippen LogP contribution in [0.15, 0.2) is 0 Å². The lowest BCUT2D eigenvalue weighted by atomic mass is 9.97. The van der Waals surface area contributed by atoms with E-state index in [0.29, 0.717) is 17.7 Å². The summed E-state index contributed by atoms with van der Waals surface area (Å²) in [7, 11) is 6.11. The van der Waals surface area contributed by atoms with Gasteiger partial charge in [0.05, 0.1) is 5.60 Å². The standard InChI is InChI=1S/C29H52N8O10/c1-12-13-20(38)36(10)25(43)24(42)35(9)19(15-29(5,6)47)22(40)32-27(45)37(11)28(46)33-26(44)31-17(4)23(41)34(8)18(14-16(2)3)21(39)30-7/h16-19,25,43,47H,12-15H2,1-11H3,(H,30,39)(H,32,40,45)(H2,31,33,44,46)/t17-,18-,19-,25+/m0/s1. The van der Waals surface area contributed by atoms with Crippen molar-refractivity contribution >= 4 is 47.6 Å². The van der Waals surface area contributed by atoms with Crippen molar-refractivity contribution in [2.24, 2.45) is 5.92 Å². The fourth-order valence-electron chi connectivity index (χ4n) is 4.26. The van der Waals surface area contributed by atoms with Gasteiger partial charge in [-0.05, 0) is 39.5 Å². The number of aliphatic hydroxyl groups is 2. The van der Waals surface area contributed by atoms with E-state index in [-0.39, 0.29) is 12.3 Å². The van der Waals surface area contributed by atoms with Gasteiger partial charge >= 0.3 is 18.1 Å². The molecule has 0 aliphatic heterocycles. The second-order valence-electron chi connectivity index (χ2n) is 12.3. The number of nitrogens with zero attached hydrogens (tertiary/aromatic N) is 4. The summed E-state index contributed by atoms with van der Waals surface area (Å²) in [6, 6.07) is -7.31. The van der Waals surface area contributed by atoms with E-state index in [1.165, 1.54) is 46.8 Å². The molecule has 18 nitrogen and oxygen atoms in total. The third kappa shape index (κ3) is 13.5. The predicted molar refractivity (Wildman–Crippen MR) is 169 cm³/mol. The second-order valence-corrected chi connectivity index (χ2v) is 12.3. The number of amides is 11. The molecule has 0 aliphatic rings. The molecular formula is C29H52N8O10. The van der Waals surface area contributed by atoms with Gasteiger partial charge in [-0.3, -0.25) is 34.6 Å². The molecule has 0 aromatic carbocycles. The Labute approximate surface area is 275 Å². The highest BCUT2D eigenvalue weighted by Crippen LogP contribution is 2.17. The zero-order chi connectivity index (χ0) is 37.0. The number of carbonyl (C=O) groups excluding carboxylic acids is 8. The molecular weight excluding hydrogens is 620 g/mol. The number of imide groups is 3. The van der Waals surface area contributed by atoms with Gasteiger partial charge < -0.3 is 35.5 Å². The summed E-state index contributed by atoms with van der Waals surface area (Å²) in [5, 5.41) is 29.3. The number of hydrogen-bond donors (Lipinski definition) is 6. The van der Waals surface area contributed by atoms with Crippen molar-refractivity contribution in [1.29, 1.82) is 0 Å². The van der Waals surface area contributed by atoms with Crippen LogP contribution in [0.3, 0.4) is 0 Å². The average molecular weight is 673 g/mol. The number of nitrogens with one attached hydrogen (secondary N) is 4. The van der Waals surface area contributed by atoms with E-state index in [1.807, 2.05) is 24.5 Å². The minimum atomic E-state index is -1.96. The summed E-state index contributed by atoms with van der Waals surface area (Å²) in [6.07, 6.45) is -1.50.